The fourth-order valence-electron chi connectivity index (χ4n) is 4.50. The second kappa shape index (κ2) is 14.5. The Kier molecular flexibility index (Phi) is 10.6. The molecule has 0 aliphatic carbocycles. The summed E-state index contributed by atoms with van der Waals surface area (Å²) in [6, 6.07) is 31.1. The minimum absolute atomic E-state index is 0.0510. The molecule has 1 atom stereocenters. The first kappa shape index (κ1) is 29.9. The van der Waals surface area contributed by atoms with Crippen molar-refractivity contribution in [3.63, 3.8) is 0 Å². The van der Waals surface area contributed by atoms with Crippen LogP contribution in [0.4, 0.5) is 16.2 Å². The van der Waals surface area contributed by atoms with Crippen LogP contribution in [0.3, 0.4) is 0 Å². The molecule has 0 aromatic heterocycles. The number of anilines is 2. The van der Waals surface area contributed by atoms with Gasteiger partial charge >= 0.3 is 6.03 Å². The second-order valence-electron chi connectivity index (χ2n) is 9.62. The van der Waals surface area contributed by atoms with E-state index in [1.54, 1.807) is 36.4 Å². The van der Waals surface area contributed by atoms with Crippen molar-refractivity contribution in [2.45, 2.75) is 32.5 Å². The number of urea groups is 1. The predicted octanol–water partition coefficient (Wildman–Crippen LogP) is 6.77. The van der Waals surface area contributed by atoms with Crippen molar-refractivity contribution in [1.82, 2.24) is 0 Å². The van der Waals surface area contributed by atoms with Crippen LogP contribution in [0.1, 0.15) is 35.7 Å². The number of benzene rings is 4. The number of nitrogens with one attached hydrogen (secondary N) is 1. The van der Waals surface area contributed by atoms with Gasteiger partial charge in [0.2, 0.25) is 0 Å². The zero-order valence-electron chi connectivity index (χ0n) is 22.8. The van der Waals surface area contributed by atoms with Crippen molar-refractivity contribution < 1.29 is 24.5 Å². The van der Waals surface area contributed by atoms with Gasteiger partial charge in [0.1, 0.15) is 5.75 Å². The molecule has 0 fully saturated rings. The Balaban J connectivity index is 1.35. The van der Waals surface area contributed by atoms with Gasteiger partial charge in [-0.05, 0) is 60.7 Å². The number of ether oxygens (including phenoxy) is 1. The molecule has 0 radical (unpaired) electrons. The zero-order valence-corrected chi connectivity index (χ0v) is 23.7. The van der Waals surface area contributed by atoms with Crippen molar-refractivity contribution in [2.24, 2.45) is 5.92 Å². The number of carbonyl (C=O) groups excluding carboxylic acids is 2. The zero-order chi connectivity index (χ0) is 29.2. The van der Waals surface area contributed by atoms with Gasteiger partial charge in [-0.2, -0.15) is 0 Å². The summed E-state index contributed by atoms with van der Waals surface area (Å²) in [6.45, 7) is 2.34. The second-order valence-corrected chi connectivity index (χ2v) is 10.0. The lowest BCUT2D eigenvalue weighted by Crippen LogP contribution is -2.27. The lowest BCUT2D eigenvalue weighted by molar-refractivity contribution is -0.0853. The van der Waals surface area contributed by atoms with Gasteiger partial charge in [-0.3, -0.25) is 4.79 Å². The van der Waals surface area contributed by atoms with E-state index in [9.17, 15) is 19.8 Å². The molecule has 3 N–H and O–H groups in total. The lowest BCUT2D eigenvalue weighted by Gasteiger charge is -2.19. The predicted molar refractivity (Wildman–Crippen MR) is 165 cm³/mol. The first-order chi connectivity index (χ1) is 19.9. The first-order valence-corrected chi connectivity index (χ1v) is 13.9. The first-order valence-electron chi connectivity index (χ1n) is 13.5. The molecule has 4 rings (SSSR count). The Labute approximate surface area is 246 Å². The standard InChI is InChI=1S/C33H34N2O5S/c1-2-40-31-11-7-6-10-29(31)35(41)33(39)34-28-20-18-25(19-21-28)24-14-16-26(17-15-24)30(36)22-27(32(37)38)13-12-23-8-4-3-5-9-23/h3-11,14-21,27,32,37-38,41H,2,12-13,22H2,1H3,(H,34,39). The van der Waals surface area contributed by atoms with E-state index in [2.05, 4.69) is 18.1 Å². The number of aryl methyl sites for hydroxylation is 1. The molecule has 2 amide bonds. The van der Waals surface area contributed by atoms with Crippen LogP contribution in [0.2, 0.25) is 0 Å². The summed E-state index contributed by atoms with van der Waals surface area (Å²) in [6.07, 6.45) is -0.346. The quantitative estimate of drug-likeness (QED) is 0.0856. The minimum atomic E-state index is -1.56. The SMILES string of the molecule is CCOc1ccccc1N(S)C(=O)Nc1ccc(-c2ccc(C(=O)CC(CCc3ccccc3)C(O)O)cc2)cc1. The Morgan fingerprint density at radius 2 is 1.46 bits per heavy atom. The van der Waals surface area contributed by atoms with Crippen molar-refractivity contribution in [1.29, 1.82) is 0 Å². The van der Waals surface area contributed by atoms with E-state index in [0.717, 1.165) is 16.7 Å². The summed E-state index contributed by atoms with van der Waals surface area (Å²) in [5, 5.41) is 22.5. The van der Waals surface area contributed by atoms with Gasteiger partial charge in [0.25, 0.3) is 0 Å². The number of hydrogen-bond donors (Lipinski definition) is 4. The molecular formula is C33H34N2O5S. The van der Waals surface area contributed by atoms with Crippen LogP contribution in [-0.2, 0) is 6.42 Å². The maximum atomic E-state index is 12.9. The highest BCUT2D eigenvalue weighted by atomic mass is 32.1. The average Bonchev–Trinajstić information content (AvgIpc) is 3.00. The Hall–Kier alpha value is -4.11. The molecule has 8 heteroatoms. The van der Waals surface area contributed by atoms with Gasteiger partial charge < -0.3 is 20.3 Å². The number of aliphatic hydroxyl groups is 2. The maximum absolute atomic E-state index is 12.9. The highest BCUT2D eigenvalue weighted by molar-refractivity contribution is 7.82. The average molecular weight is 571 g/mol. The van der Waals surface area contributed by atoms with Gasteiger partial charge in [-0.1, -0.05) is 91.7 Å². The van der Waals surface area contributed by atoms with E-state index in [1.807, 2.05) is 73.7 Å². The van der Waals surface area contributed by atoms with Crippen LogP contribution < -0.4 is 14.4 Å². The Morgan fingerprint density at radius 1 is 0.854 bits per heavy atom. The third-order valence-corrected chi connectivity index (χ3v) is 7.18. The summed E-state index contributed by atoms with van der Waals surface area (Å²) in [4.78, 5) is 25.7. The molecular weight excluding hydrogens is 536 g/mol. The van der Waals surface area contributed by atoms with Crippen LogP contribution in [0.5, 0.6) is 5.75 Å². The van der Waals surface area contributed by atoms with E-state index in [4.69, 9.17) is 4.74 Å². The molecule has 41 heavy (non-hydrogen) atoms. The van der Waals surface area contributed by atoms with Gasteiger partial charge in [0, 0.05) is 23.6 Å². The monoisotopic (exact) mass is 570 g/mol. The van der Waals surface area contributed by atoms with Crippen LogP contribution in [0, 0.1) is 5.92 Å². The molecule has 7 nitrogen and oxygen atoms in total. The highest BCUT2D eigenvalue weighted by Crippen LogP contribution is 2.30. The Bertz CT molecular complexity index is 1430. The molecule has 4 aromatic rings. The van der Waals surface area contributed by atoms with E-state index in [-0.39, 0.29) is 12.2 Å². The third-order valence-electron chi connectivity index (χ3n) is 6.78. The summed E-state index contributed by atoms with van der Waals surface area (Å²) < 4.78 is 6.79. The third kappa shape index (κ3) is 8.20. The molecule has 0 bridgehead atoms. The maximum Gasteiger partial charge on any atom is 0.336 e. The van der Waals surface area contributed by atoms with Crippen LogP contribution >= 0.6 is 12.8 Å². The molecule has 0 aliphatic rings. The van der Waals surface area contributed by atoms with E-state index >= 15 is 0 Å². The van der Waals surface area contributed by atoms with Gasteiger partial charge in [-0.25, -0.2) is 9.10 Å². The molecule has 0 spiro atoms. The molecule has 0 aliphatic heterocycles. The van der Waals surface area contributed by atoms with Crippen LogP contribution in [-0.4, -0.2) is 34.9 Å². The van der Waals surface area contributed by atoms with E-state index < -0.39 is 18.2 Å². The molecule has 0 saturated carbocycles. The highest BCUT2D eigenvalue weighted by Gasteiger charge is 2.21. The smallest absolute Gasteiger partial charge is 0.336 e. The number of aliphatic hydroxyl groups excluding tert-OH is 1. The Morgan fingerprint density at radius 3 is 2.10 bits per heavy atom. The fourth-order valence-corrected chi connectivity index (χ4v) is 4.71. The number of rotatable bonds is 12. The molecule has 1 unspecified atom stereocenters. The molecule has 0 saturated heterocycles. The van der Waals surface area contributed by atoms with Crippen LogP contribution in [0.25, 0.3) is 11.1 Å². The van der Waals surface area contributed by atoms with Crippen LogP contribution in [0.15, 0.2) is 103 Å². The number of carbonyl (C=O) groups is 2. The minimum Gasteiger partial charge on any atom is -0.492 e. The number of ketones is 1. The van der Waals surface area contributed by atoms with Gasteiger partial charge in [0.15, 0.2) is 12.1 Å². The van der Waals surface area contributed by atoms with Crippen molar-refractivity contribution in [3.05, 3.63) is 114 Å². The van der Waals surface area contributed by atoms with E-state index in [1.165, 1.54) is 4.31 Å². The molecule has 0 heterocycles. The number of amides is 2. The normalized spacial score (nSPS) is 11.6. The van der Waals surface area contributed by atoms with Gasteiger partial charge in [0.05, 0.1) is 12.3 Å². The van der Waals surface area contributed by atoms with Gasteiger partial charge in [-0.15, -0.1) is 0 Å². The summed E-state index contributed by atoms with van der Waals surface area (Å²) in [7, 11) is 0. The molecule has 4 aromatic carbocycles. The topological polar surface area (TPSA) is 99.1 Å². The fraction of sp³-hybridized carbons (Fsp3) is 0.212. The number of hydrogen-bond acceptors (Lipinski definition) is 6. The van der Waals surface area contributed by atoms with E-state index in [0.29, 0.717) is 42.1 Å². The summed E-state index contributed by atoms with van der Waals surface area (Å²) in [5.41, 5.74) is 4.57. The summed E-state index contributed by atoms with van der Waals surface area (Å²) >= 11 is 4.36. The number of thiol groups is 1. The number of Topliss-reactive ketones (excluding diaryl/α,β-unsaturated/α-hetero) is 1. The van der Waals surface area contributed by atoms with Crippen molar-refractivity contribution >= 4 is 36.0 Å². The van der Waals surface area contributed by atoms with Crippen molar-refractivity contribution in [2.75, 3.05) is 16.2 Å². The summed E-state index contributed by atoms with van der Waals surface area (Å²) in [5.74, 6) is -0.123. The molecule has 212 valence electrons. The number of para-hydroxylation sites is 2. The van der Waals surface area contributed by atoms with Crippen molar-refractivity contribution in [3.8, 4) is 16.9 Å². The number of nitrogens with zero attached hydrogens (tertiary/aromatic N) is 1. The lowest BCUT2D eigenvalue weighted by atomic mass is 9.91. The largest absolute Gasteiger partial charge is 0.492 e.